The molecule has 1 aliphatic rings. The van der Waals surface area contributed by atoms with Crippen LogP contribution in [0.5, 0.6) is 0 Å². The van der Waals surface area contributed by atoms with Crippen LogP contribution in [0.3, 0.4) is 0 Å². The summed E-state index contributed by atoms with van der Waals surface area (Å²) < 4.78 is 28.6. The molecule has 74 valence electrons. The molecular formula is C8H14BFO3. The zero-order chi connectivity index (χ0) is 9.84. The largest absolute Gasteiger partial charge is 0.382 e. The first-order valence-corrected chi connectivity index (χ1v) is 4.23. The molecule has 0 bridgehead atoms. The van der Waals surface area contributed by atoms with Gasteiger partial charge in [-0.05, 0) is 5.82 Å². The third-order valence-corrected chi connectivity index (χ3v) is 2.20. The Morgan fingerprint density at radius 1 is 1.54 bits per heavy atom. The third-order valence-electron chi connectivity index (χ3n) is 2.20. The Hall–Kier alpha value is -0.125. The molecule has 5 heteroatoms. The van der Waals surface area contributed by atoms with E-state index in [9.17, 15) is 4.39 Å². The predicted molar refractivity (Wildman–Crippen MR) is 46.8 cm³/mol. The molecular weight excluding hydrogens is 174 g/mol. The SMILES string of the molecule is [B][C@@H]1CO[C@H](COC)[C@@H](OC)[C@H]1F. The van der Waals surface area contributed by atoms with Crippen LogP contribution in [0, 0.1) is 0 Å². The van der Waals surface area contributed by atoms with Crippen molar-refractivity contribution in [3.63, 3.8) is 0 Å². The lowest BCUT2D eigenvalue weighted by Crippen LogP contribution is -2.48. The Morgan fingerprint density at radius 2 is 2.23 bits per heavy atom. The molecule has 2 radical (unpaired) electrons. The van der Waals surface area contributed by atoms with E-state index in [4.69, 9.17) is 22.1 Å². The molecule has 0 aromatic rings. The maximum Gasteiger partial charge on any atom is 0.126 e. The van der Waals surface area contributed by atoms with E-state index in [-0.39, 0.29) is 12.7 Å². The van der Waals surface area contributed by atoms with Gasteiger partial charge < -0.3 is 14.2 Å². The van der Waals surface area contributed by atoms with E-state index >= 15 is 0 Å². The molecule has 1 rings (SSSR count). The summed E-state index contributed by atoms with van der Waals surface area (Å²) in [5, 5.41) is 0. The fourth-order valence-corrected chi connectivity index (χ4v) is 1.46. The predicted octanol–water partition coefficient (Wildman–Crippen LogP) is 0.342. The van der Waals surface area contributed by atoms with Gasteiger partial charge in [-0.3, -0.25) is 0 Å². The Labute approximate surface area is 78.9 Å². The van der Waals surface area contributed by atoms with Crippen LogP contribution in [0.4, 0.5) is 4.39 Å². The standard InChI is InChI=1S/C8H14BFO3/c1-11-4-6-8(12-2)7(10)5(9)3-13-6/h5-8H,3-4H2,1-2H3/t5-,6-,7+,8-/m1/s1. The average Bonchev–Trinajstić information content (AvgIpc) is 2.12. The highest BCUT2D eigenvalue weighted by Gasteiger charge is 2.38. The van der Waals surface area contributed by atoms with Gasteiger partial charge in [-0.15, -0.1) is 0 Å². The number of ether oxygens (including phenoxy) is 3. The van der Waals surface area contributed by atoms with Crippen LogP contribution in [0.25, 0.3) is 0 Å². The van der Waals surface area contributed by atoms with Gasteiger partial charge in [0.25, 0.3) is 0 Å². The lowest BCUT2D eigenvalue weighted by atomic mass is 9.79. The maximum atomic E-state index is 13.4. The normalized spacial score (nSPS) is 40.5. The van der Waals surface area contributed by atoms with Crippen molar-refractivity contribution in [2.45, 2.75) is 24.2 Å². The fourth-order valence-electron chi connectivity index (χ4n) is 1.46. The van der Waals surface area contributed by atoms with Crippen LogP contribution in [0.1, 0.15) is 0 Å². The second kappa shape index (κ2) is 4.93. The van der Waals surface area contributed by atoms with Crippen LogP contribution in [0.15, 0.2) is 0 Å². The minimum atomic E-state index is -1.18. The van der Waals surface area contributed by atoms with Crippen molar-refractivity contribution in [1.82, 2.24) is 0 Å². The van der Waals surface area contributed by atoms with Crippen molar-refractivity contribution >= 4 is 7.85 Å². The van der Waals surface area contributed by atoms with Crippen LogP contribution >= 0.6 is 0 Å². The van der Waals surface area contributed by atoms with E-state index in [0.717, 1.165) is 0 Å². The average molecular weight is 188 g/mol. The smallest absolute Gasteiger partial charge is 0.126 e. The van der Waals surface area contributed by atoms with E-state index in [2.05, 4.69) is 0 Å². The Morgan fingerprint density at radius 3 is 2.77 bits per heavy atom. The first kappa shape index (κ1) is 11.0. The van der Waals surface area contributed by atoms with Crippen LogP contribution in [0.2, 0.25) is 5.82 Å². The first-order chi connectivity index (χ1) is 6.20. The van der Waals surface area contributed by atoms with E-state index in [0.29, 0.717) is 6.61 Å². The second-order valence-corrected chi connectivity index (χ2v) is 3.14. The highest BCUT2D eigenvalue weighted by atomic mass is 19.1. The highest BCUT2D eigenvalue weighted by molar-refractivity contribution is 6.12. The van der Waals surface area contributed by atoms with Crippen molar-refractivity contribution in [2.75, 3.05) is 27.4 Å². The number of hydrogen-bond donors (Lipinski definition) is 0. The molecule has 0 aromatic heterocycles. The van der Waals surface area contributed by atoms with Gasteiger partial charge >= 0.3 is 0 Å². The van der Waals surface area contributed by atoms with Gasteiger partial charge in [0.1, 0.15) is 18.4 Å². The second-order valence-electron chi connectivity index (χ2n) is 3.14. The summed E-state index contributed by atoms with van der Waals surface area (Å²) in [6, 6.07) is 0. The van der Waals surface area contributed by atoms with Gasteiger partial charge in [0, 0.05) is 20.8 Å². The molecule has 0 N–H and O–H groups in total. The van der Waals surface area contributed by atoms with E-state index < -0.39 is 18.1 Å². The van der Waals surface area contributed by atoms with Gasteiger partial charge in [0.05, 0.1) is 14.5 Å². The summed E-state index contributed by atoms with van der Waals surface area (Å²) in [6.45, 7) is 0.542. The molecule has 0 aromatic carbocycles. The van der Waals surface area contributed by atoms with Crippen molar-refractivity contribution in [3.05, 3.63) is 0 Å². The molecule has 4 atom stereocenters. The van der Waals surface area contributed by atoms with Gasteiger partial charge in [0.2, 0.25) is 0 Å². The number of methoxy groups -OCH3 is 2. The summed E-state index contributed by atoms with van der Waals surface area (Å²) in [6.07, 6.45) is -2.16. The molecule has 0 unspecified atom stereocenters. The van der Waals surface area contributed by atoms with Gasteiger partial charge in [-0.25, -0.2) is 4.39 Å². The van der Waals surface area contributed by atoms with Crippen molar-refractivity contribution in [1.29, 1.82) is 0 Å². The third kappa shape index (κ3) is 2.42. The summed E-state index contributed by atoms with van der Waals surface area (Å²) in [7, 11) is 8.47. The summed E-state index contributed by atoms with van der Waals surface area (Å²) in [5.74, 6) is -0.599. The number of rotatable bonds is 3. The monoisotopic (exact) mass is 188 g/mol. The molecule has 3 nitrogen and oxygen atoms in total. The molecule has 1 fully saturated rings. The first-order valence-electron chi connectivity index (χ1n) is 4.23. The minimum Gasteiger partial charge on any atom is -0.382 e. The zero-order valence-corrected chi connectivity index (χ0v) is 7.90. The lowest BCUT2D eigenvalue weighted by molar-refractivity contribution is -0.144. The molecule has 0 spiro atoms. The zero-order valence-electron chi connectivity index (χ0n) is 7.90. The number of hydrogen-bond acceptors (Lipinski definition) is 3. The Bertz CT molecular complexity index is 158. The molecule has 0 amide bonds. The van der Waals surface area contributed by atoms with Crippen molar-refractivity contribution in [3.8, 4) is 0 Å². The molecule has 13 heavy (non-hydrogen) atoms. The fraction of sp³-hybridized carbons (Fsp3) is 1.00. The number of alkyl halides is 1. The van der Waals surface area contributed by atoms with Gasteiger partial charge in [-0.2, -0.15) is 0 Å². The van der Waals surface area contributed by atoms with Crippen LogP contribution in [-0.2, 0) is 14.2 Å². The molecule has 0 saturated carbocycles. The lowest BCUT2D eigenvalue weighted by Gasteiger charge is -2.36. The van der Waals surface area contributed by atoms with E-state index in [1.165, 1.54) is 14.2 Å². The Kier molecular flexibility index (Phi) is 4.16. The Balaban J connectivity index is 2.55. The van der Waals surface area contributed by atoms with Crippen molar-refractivity contribution in [2.24, 2.45) is 0 Å². The topological polar surface area (TPSA) is 27.7 Å². The van der Waals surface area contributed by atoms with Gasteiger partial charge in [-0.1, -0.05) is 0 Å². The van der Waals surface area contributed by atoms with Gasteiger partial charge in [0.15, 0.2) is 0 Å². The van der Waals surface area contributed by atoms with E-state index in [1.54, 1.807) is 0 Å². The maximum absolute atomic E-state index is 13.4. The summed E-state index contributed by atoms with van der Waals surface area (Å²) >= 11 is 0. The molecule has 1 heterocycles. The molecule has 0 aliphatic carbocycles. The quantitative estimate of drug-likeness (QED) is 0.597. The summed E-state index contributed by atoms with van der Waals surface area (Å²) in [5.41, 5.74) is 0. The van der Waals surface area contributed by atoms with Crippen LogP contribution < -0.4 is 0 Å². The van der Waals surface area contributed by atoms with Crippen molar-refractivity contribution < 1.29 is 18.6 Å². The van der Waals surface area contributed by atoms with E-state index in [1.807, 2.05) is 0 Å². The highest BCUT2D eigenvalue weighted by Crippen LogP contribution is 2.27. The van der Waals surface area contributed by atoms with Crippen LogP contribution in [-0.4, -0.2) is 53.7 Å². The molecule has 1 saturated heterocycles. The minimum absolute atomic E-state index is 0.217. The summed E-state index contributed by atoms with van der Waals surface area (Å²) in [4.78, 5) is 0. The molecule has 1 aliphatic heterocycles. The number of halogens is 1.